The lowest BCUT2D eigenvalue weighted by molar-refractivity contribution is -0.139. The van der Waals surface area contributed by atoms with Crippen molar-refractivity contribution in [1.29, 1.82) is 0 Å². The molecule has 264 valence electrons. The first-order valence-electron chi connectivity index (χ1n) is 15.2. The Morgan fingerprint density at radius 1 is 0.885 bits per heavy atom. The molecule has 0 saturated carbocycles. The van der Waals surface area contributed by atoms with Crippen molar-refractivity contribution in [2.24, 2.45) is 7.05 Å². The van der Waals surface area contributed by atoms with Gasteiger partial charge in [-0.25, -0.2) is 36.3 Å². The maximum Gasteiger partial charge on any atom is 0.335 e. The van der Waals surface area contributed by atoms with E-state index < -0.39 is 68.0 Å². The van der Waals surface area contributed by atoms with Gasteiger partial charge in [0.15, 0.2) is 0 Å². The van der Waals surface area contributed by atoms with Crippen LogP contribution in [0.5, 0.6) is 0 Å². The van der Waals surface area contributed by atoms with Gasteiger partial charge in [0.1, 0.15) is 23.2 Å². The number of anilines is 1. The second-order valence-corrected chi connectivity index (χ2v) is 13.1. The molecule has 0 radical (unpaired) electrons. The van der Waals surface area contributed by atoms with Crippen LogP contribution in [0.4, 0.5) is 18.9 Å². The Labute approximate surface area is 291 Å². The third-order valence-corrected chi connectivity index (χ3v) is 9.45. The summed E-state index contributed by atoms with van der Waals surface area (Å²) < 4.78 is 73.8. The molecular weight excluding hydrogens is 705 g/mol. The van der Waals surface area contributed by atoms with Crippen LogP contribution in [0, 0.1) is 17.6 Å². The van der Waals surface area contributed by atoms with E-state index in [2.05, 4.69) is 15.3 Å². The zero-order chi connectivity index (χ0) is 37.3. The summed E-state index contributed by atoms with van der Waals surface area (Å²) in [5, 5.41) is 12.1. The number of amides is 1. The van der Waals surface area contributed by atoms with Crippen molar-refractivity contribution in [2.45, 2.75) is 17.4 Å². The molecule has 0 bridgehead atoms. The molecule has 3 heterocycles. The van der Waals surface area contributed by atoms with E-state index in [0.29, 0.717) is 34.3 Å². The molecule has 3 aromatic heterocycles. The maximum absolute atomic E-state index is 15.1. The average Bonchev–Trinajstić information content (AvgIpc) is 3.10. The number of hydrogen-bond acceptors (Lipinski definition) is 8. The smallest absolute Gasteiger partial charge is 0.335 e. The highest BCUT2D eigenvalue weighted by Gasteiger charge is 2.27. The number of aliphatic carboxylic acids is 1. The first kappa shape index (κ1) is 35.2. The molecule has 0 spiro atoms. The average molecular weight is 731 g/mol. The van der Waals surface area contributed by atoms with E-state index in [1.165, 1.54) is 90.9 Å². The van der Waals surface area contributed by atoms with E-state index in [4.69, 9.17) is 0 Å². The number of carboxylic acid groups (broad SMARTS) is 1. The van der Waals surface area contributed by atoms with E-state index in [1.807, 2.05) is 4.72 Å². The number of rotatable bonds is 10. The largest absolute Gasteiger partial charge is 0.480 e. The van der Waals surface area contributed by atoms with Crippen LogP contribution in [0.2, 0.25) is 0 Å². The normalized spacial score (nSPS) is 12.0. The fourth-order valence-electron chi connectivity index (χ4n) is 5.44. The van der Waals surface area contributed by atoms with Gasteiger partial charge < -0.3 is 10.4 Å². The highest BCUT2D eigenvalue weighted by molar-refractivity contribution is 7.92. The first-order chi connectivity index (χ1) is 24.7. The van der Waals surface area contributed by atoms with Gasteiger partial charge in [0, 0.05) is 31.9 Å². The second kappa shape index (κ2) is 13.9. The Hall–Kier alpha value is -6.62. The number of pyridine rings is 2. The summed E-state index contributed by atoms with van der Waals surface area (Å²) in [4.78, 5) is 58.1. The molecule has 3 N–H and O–H groups in total. The number of aryl methyl sites for hydroxylation is 1. The van der Waals surface area contributed by atoms with Gasteiger partial charge in [-0.05, 0) is 65.2 Å². The van der Waals surface area contributed by atoms with Gasteiger partial charge in [-0.1, -0.05) is 24.3 Å². The van der Waals surface area contributed by atoms with Gasteiger partial charge in [-0.15, -0.1) is 0 Å². The molecular formula is C35H25F3N6O7S. The molecule has 6 aromatic rings. The number of carboxylic acids is 1. The van der Waals surface area contributed by atoms with Gasteiger partial charge in [0.25, 0.3) is 21.5 Å². The van der Waals surface area contributed by atoms with E-state index in [-0.39, 0.29) is 22.4 Å². The van der Waals surface area contributed by atoms with Crippen molar-refractivity contribution in [1.82, 2.24) is 24.4 Å². The van der Waals surface area contributed by atoms with Gasteiger partial charge in [0.05, 0.1) is 33.4 Å². The molecule has 0 saturated heterocycles. The predicted molar refractivity (Wildman–Crippen MR) is 182 cm³/mol. The van der Waals surface area contributed by atoms with Crippen LogP contribution in [0.1, 0.15) is 15.9 Å². The third-order valence-electron chi connectivity index (χ3n) is 8.06. The van der Waals surface area contributed by atoms with Crippen LogP contribution < -0.4 is 21.3 Å². The van der Waals surface area contributed by atoms with Crippen molar-refractivity contribution < 1.29 is 36.3 Å². The number of benzene rings is 3. The number of carbonyl (C=O) groups excluding carboxylic acids is 1. The lowest BCUT2D eigenvalue weighted by atomic mass is 10.0. The minimum Gasteiger partial charge on any atom is -0.480 e. The number of nitrogens with zero attached hydrogens (tertiary/aromatic N) is 4. The summed E-state index contributed by atoms with van der Waals surface area (Å²) in [6, 6.07) is 14.5. The Morgan fingerprint density at radius 3 is 2.19 bits per heavy atom. The second-order valence-electron chi connectivity index (χ2n) is 11.4. The Balaban J connectivity index is 1.16. The van der Waals surface area contributed by atoms with Crippen LogP contribution in [0.3, 0.4) is 0 Å². The number of halogens is 3. The minimum absolute atomic E-state index is 0.183. The van der Waals surface area contributed by atoms with Crippen LogP contribution in [0.15, 0.2) is 112 Å². The van der Waals surface area contributed by atoms with Crippen LogP contribution in [0.25, 0.3) is 27.7 Å². The maximum atomic E-state index is 15.1. The predicted octanol–water partition coefficient (Wildman–Crippen LogP) is 3.79. The quantitative estimate of drug-likeness (QED) is 0.177. The number of fused-ring (bicyclic) bond motifs is 1. The number of nitrogens with one attached hydrogen (secondary N) is 2. The zero-order valence-electron chi connectivity index (χ0n) is 26.7. The third kappa shape index (κ3) is 7.02. The lowest BCUT2D eigenvalue weighted by Crippen LogP contribution is -2.43. The Kier molecular flexibility index (Phi) is 9.45. The molecule has 3 aromatic carbocycles. The molecule has 0 aliphatic carbocycles. The Morgan fingerprint density at radius 2 is 1.56 bits per heavy atom. The van der Waals surface area contributed by atoms with E-state index in [0.717, 1.165) is 10.6 Å². The Bertz CT molecular complexity index is 2590. The number of hydrogen-bond donors (Lipinski definition) is 3. The molecule has 13 nitrogen and oxygen atoms in total. The first-order valence-corrected chi connectivity index (χ1v) is 16.6. The number of carbonyl (C=O) groups is 2. The molecule has 17 heteroatoms. The van der Waals surface area contributed by atoms with Crippen molar-refractivity contribution in [3.05, 3.63) is 147 Å². The van der Waals surface area contributed by atoms with Crippen LogP contribution in [-0.2, 0) is 28.3 Å². The SMILES string of the molecule is Cn1c(=O)n(-c2ccc(C[C@H](NC(=O)c3c(F)cc(NS(=O)(=O)c4ccc(-c5ccnc(F)c5)cc4)cc3F)C(=O)O)cc2)c(=O)c2ccncc21. The molecule has 0 aliphatic heterocycles. The van der Waals surface area contributed by atoms with Crippen molar-refractivity contribution in [3.63, 3.8) is 0 Å². The highest BCUT2D eigenvalue weighted by atomic mass is 32.2. The number of sulfonamides is 1. The summed E-state index contributed by atoms with van der Waals surface area (Å²) >= 11 is 0. The molecule has 52 heavy (non-hydrogen) atoms. The van der Waals surface area contributed by atoms with Crippen LogP contribution >= 0.6 is 0 Å². The fourth-order valence-corrected chi connectivity index (χ4v) is 6.48. The molecule has 0 unspecified atom stereocenters. The summed E-state index contributed by atoms with van der Waals surface area (Å²) in [5.74, 6) is -6.63. The van der Waals surface area contributed by atoms with Gasteiger partial charge in [0.2, 0.25) is 5.95 Å². The van der Waals surface area contributed by atoms with Crippen molar-refractivity contribution >= 4 is 38.5 Å². The molecule has 6 rings (SSSR count). The highest BCUT2D eigenvalue weighted by Crippen LogP contribution is 2.25. The zero-order valence-corrected chi connectivity index (χ0v) is 27.6. The summed E-state index contributed by atoms with van der Waals surface area (Å²) in [5.41, 5.74) is -1.19. The summed E-state index contributed by atoms with van der Waals surface area (Å²) in [6.45, 7) is 0. The number of aromatic nitrogens is 4. The monoisotopic (exact) mass is 730 g/mol. The summed E-state index contributed by atoms with van der Waals surface area (Å²) in [7, 11) is -2.90. The van der Waals surface area contributed by atoms with E-state index >= 15 is 8.78 Å². The fraction of sp³-hybridized carbons (Fsp3) is 0.0857. The standard InChI is InChI=1S/C35H25F3N6O7S/c1-43-29-18-39-12-11-25(29)33(46)44(35(43)49)23-6-2-19(3-7-23)14-28(34(47)48)41-32(45)31-26(36)16-22(17-27(31)37)42-52(50,51)24-8-4-20(5-9-24)21-10-13-40-30(38)15-21/h2-13,15-18,28,42H,14H2,1H3,(H,41,45)(H,47,48)/t28-/m0/s1. The topological polar surface area (TPSA) is 182 Å². The van der Waals surface area contributed by atoms with Crippen molar-refractivity contribution in [2.75, 3.05) is 4.72 Å². The lowest BCUT2D eigenvalue weighted by Gasteiger charge is -2.16. The van der Waals surface area contributed by atoms with Crippen molar-refractivity contribution in [3.8, 4) is 16.8 Å². The van der Waals surface area contributed by atoms with Gasteiger partial charge in [-0.2, -0.15) is 4.39 Å². The molecule has 0 fully saturated rings. The van der Waals surface area contributed by atoms with E-state index in [1.54, 1.807) is 0 Å². The molecule has 1 atom stereocenters. The van der Waals surface area contributed by atoms with E-state index in [9.17, 15) is 37.1 Å². The molecule has 0 aliphatic rings. The summed E-state index contributed by atoms with van der Waals surface area (Å²) in [6.07, 6.45) is 3.69. The van der Waals surface area contributed by atoms with Crippen LogP contribution in [-0.4, -0.2) is 50.5 Å². The minimum atomic E-state index is -4.38. The van der Waals surface area contributed by atoms with Gasteiger partial charge in [-0.3, -0.25) is 23.9 Å². The van der Waals surface area contributed by atoms with Gasteiger partial charge >= 0.3 is 11.7 Å². The molecule has 1 amide bonds.